The zero-order chi connectivity index (χ0) is 15.4. The normalized spacial score (nSPS) is 9.76. The van der Waals surface area contributed by atoms with Crippen molar-refractivity contribution in [3.05, 3.63) is 53.6 Å². The first-order valence-corrected chi connectivity index (χ1v) is 6.29. The molecule has 21 heavy (non-hydrogen) atoms. The Labute approximate surface area is 123 Å². The molecule has 5 nitrogen and oxygen atoms in total. The standard InChI is InChI=1S/C16H15N3O2/c1-19(14-6-4-3-5-11(14)10-17)16(20)13-9-12(18)7-8-15(13)21-2/h3-9H,18H2,1-2H3. The summed E-state index contributed by atoms with van der Waals surface area (Å²) in [4.78, 5) is 14.0. The molecule has 2 aromatic rings. The zero-order valence-electron chi connectivity index (χ0n) is 11.8. The highest BCUT2D eigenvalue weighted by Gasteiger charge is 2.20. The average Bonchev–Trinajstić information content (AvgIpc) is 2.53. The van der Waals surface area contributed by atoms with Crippen LogP contribution in [0.4, 0.5) is 11.4 Å². The van der Waals surface area contributed by atoms with Crippen LogP contribution in [-0.2, 0) is 0 Å². The Balaban J connectivity index is 2.45. The molecule has 5 heteroatoms. The van der Waals surface area contributed by atoms with E-state index >= 15 is 0 Å². The Bertz CT molecular complexity index is 720. The molecule has 0 heterocycles. The Morgan fingerprint density at radius 2 is 2.00 bits per heavy atom. The van der Waals surface area contributed by atoms with E-state index in [4.69, 9.17) is 15.7 Å². The van der Waals surface area contributed by atoms with Gasteiger partial charge in [-0.05, 0) is 30.3 Å². The van der Waals surface area contributed by atoms with Crippen molar-refractivity contribution in [1.29, 1.82) is 5.26 Å². The number of nitrogens with zero attached hydrogens (tertiary/aromatic N) is 2. The fourth-order valence-corrected chi connectivity index (χ4v) is 2.04. The number of nitriles is 1. The molecule has 0 aromatic heterocycles. The highest BCUT2D eigenvalue weighted by atomic mass is 16.5. The molecule has 106 valence electrons. The van der Waals surface area contributed by atoms with Gasteiger partial charge in [0.25, 0.3) is 5.91 Å². The highest BCUT2D eigenvalue weighted by molar-refractivity contribution is 6.08. The maximum Gasteiger partial charge on any atom is 0.261 e. The number of nitrogens with two attached hydrogens (primary N) is 1. The lowest BCUT2D eigenvalue weighted by Crippen LogP contribution is -2.27. The fourth-order valence-electron chi connectivity index (χ4n) is 2.04. The molecule has 0 aliphatic carbocycles. The van der Waals surface area contributed by atoms with E-state index in [0.717, 1.165) is 0 Å². The molecule has 0 spiro atoms. The van der Waals surface area contributed by atoms with Crippen molar-refractivity contribution in [1.82, 2.24) is 0 Å². The van der Waals surface area contributed by atoms with Gasteiger partial charge < -0.3 is 15.4 Å². The second-order valence-electron chi connectivity index (χ2n) is 4.45. The number of carbonyl (C=O) groups is 1. The molecule has 0 aliphatic rings. The molecule has 2 rings (SSSR count). The van der Waals surface area contributed by atoms with Gasteiger partial charge in [-0.3, -0.25) is 4.79 Å². The molecule has 0 saturated heterocycles. The number of hydrogen-bond acceptors (Lipinski definition) is 4. The van der Waals surface area contributed by atoms with Crippen molar-refractivity contribution in [2.45, 2.75) is 0 Å². The van der Waals surface area contributed by atoms with Crippen molar-refractivity contribution in [2.24, 2.45) is 0 Å². The van der Waals surface area contributed by atoms with Crippen molar-refractivity contribution in [3.8, 4) is 11.8 Å². The predicted octanol–water partition coefficient (Wildman–Crippen LogP) is 2.43. The molecule has 0 fully saturated rings. The molecule has 0 aliphatic heterocycles. The van der Waals surface area contributed by atoms with Crippen LogP contribution in [-0.4, -0.2) is 20.1 Å². The van der Waals surface area contributed by atoms with E-state index < -0.39 is 0 Å². The van der Waals surface area contributed by atoms with E-state index in [1.807, 2.05) is 0 Å². The summed E-state index contributed by atoms with van der Waals surface area (Å²) in [7, 11) is 3.10. The number of benzene rings is 2. The lowest BCUT2D eigenvalue weighted by Gasteiger charge is -2.20. The fraction of sp³-hybridized carbons (Fsp3) is 0.125. The van der Waals surface area contributed by atoms with Gasteiger partial charge in [-0.25, -0.2) is 0 Å². The van der Waals surface area contributed by atoms with Crippen LogP contribution in [0.1, 0.15) is 15.9 Å². The maximum absolute atomic E-state index is 12.6. The van der Waals surface area contributed by atoms with Gasteiger partial charge in [0.15, 0.2) is 0 Å². The molecule has 1 amide bonds. The molecular weight excluding hydrogens is 266 g/mol. The minimum atomic E-state index is -0.290. The minimum Gasteiger partial charge on any atom is -0.496 e. The number of anilines is 2. The van der Waals surface area contributed by atoms with Gasteiger partial charge in [-0.2, -0.15) is 5.26 Å². The molecule has 2 aromatic carbocycles. The molecule has 0 atom stereocenters. The number of carbonyl (C=O) groups excluding carboxylic acids is 1. The number of amides is 1. The number of ether oxygens (including phenoxy) is 1. The number of rotatable bonds is 3. The Morgan fingerprint density at radius 1 is 1.29 bits per heavy atom. The van der Waals surface area contributed by atoms with Gasteiger partial charge in [0, 0.05) is 12.7 Å². The van der Waals surface area contributed by atoms with Gasteiger partial charge in [-0.1, -0.05) is 12.1 Å². The molecule has 0 unspecified atom stereocenters. The zero-order valence-corrected chi connectivity index (χ0v) is 11.8. The summed E-state index contributed by atoms with van der Waals surface area (Å²) in [6, 6.07) is 13.9. The second-order valence-corrected chi connectivity index (χ2v) is 4.45. The van der Waals surface area contributed by atoms with Crippen LogP contribution in [0.5, 0.6) is 5.75 Å². The summed E-state index contributed by atoms with van der Waals surface area (Å²) >= 11 is 0. The molecule has 0 radical (unpaired) electrons. The minimum absolute atomic E-state index is 0.290. The van der Waals surface area contributed by atoms with Gasteiger partial charge in [0.2, 0.25) is 0 Å². The van der Waals surface area contributed by atoms with E-state index in [0.29, 0.717) is 28.3 Å². The van der Waals surface area contributed by atoms with E-state index in [9.17, 15) is 4.79 Å². The van der Waals surface area contributed by atoms with Gasteiger partial charge in [-0.15, -0.1) is 0 Å². The van der Waals surface area contributed by atoms with Crippen molar-refractivity contribution in [2.75, 3.05) is 24.8 Å². The number of methoxy groups -OCH3 is 1. The summed E-state index contributed by atoms with van der Waals surface area (Å²) in [5, 5.41) is 9.13. The Kier molecular flexibility index (Phi) is 4.10. The largest absolute Gasteiger partial charge is 0.496 e. The lowest BCUT2D eigenvalue weighted by atomic mass is 10.1. The smallest absolute Gasteiger partial charge is 0.261 e. The third-order valence-corrected chi connectivity index (χ3v) is 3.14. The summed E-state index contributed by atoms with van der Waals surface area (Å²) < 4.78 is 5.20. The van der Waals surface area contributed by atoms with Crippen molar-refractivity contribution >= 4 is 17.3 Å². The molecular formula is C16H15N3O2. The van der Waals surface area contributed by atoms with Crippen LogP contribution in [0.2, 0.25) is 0 Å². The maximum atomic E-state index is 12.6. The summed E-state index contributed by atoms with van der Waals surface area (Å²) in [6.07, 6.45) is 0. The first-order valence-electron chi connectivity index (χ1n) is 6.29. The van der Waals surface area contributed by atoms with E-state index in [1.165, 1.54) is 12.0 Å². The Hall–Kier alpha value is -3.00. The number of nitrogen functional groups attached to an aromatic ring is 1. The summed E-state index contributed by atoms with van der Waals surface area (Å²) in [5.41, 5.74) is 7.53. The Morgan fingerprint density at radius 3 is 2.67 bits per heavy atom. The van der Waals surface area contributed by atoms with Crippen LogP contribution in [0.15, 0.2) is 42.5 Å². The van der Waals surface area contributed by atoms with Gasteiger partial charge in [0.1, 0.15) is 11.8 Å². The summed E-state index contributed by atoms with van der Waals surface area (Å²) in [5.74, 6) is 0.150. The van der Waals surface area contributed by atoms with Crippen molar-refractivity contribution in [3.63, 3.8) is 0 Å². The van der Waals surface area contributed by atoms with Crippen LogP contribution >= 0.6 is 0 Å². The van der Waals surface area contributed by atoms with Gasteiger partial charge in [0.05, 0.1) is 23.9 Å². The topological polar surface area (TPSA) is 79.3 Å². The van der Waals surface area contributed by atoms with Crippen LogP contribution in [0.25, 0.3) is 0 Å². The van der Waals surface area contributed by atoms with Crippen LogP contribution < -0.4 is 15.4 Å². The monoisotopic (exact) mass is 281 g/mol. The summed E-state index contributed by atoms with van der Waals surface area (Å²) in [6.45, 7) is 0. The van der Waals surface area contributed by atoms with Gasteiger partial charge >= 0.3 is 0 Å². The molecule has 0 saturated carbocycles. The SMILES string of the molecule is COc1ccc(N)cc1C(=O)N(C)c1ccccc1C#N. The van der Waals surface area contributed by atoms with Crippen molar-refractivity contribution < 1.29 is 9.53 Å². The van der Waals surface area contributed by atoms with Crippen LogP contribution in [0.3, 0.4) is 0 Å². The lowest BCUT2D eigenvalue weighted by molar-refractivity contribution is 0.0990. The van der Waals surface area contributed by atoms with Crippen LogP contribution in [0, 0.1) is 11.3 Å². The molecule has 2 N–H and O–H groups in total. The third kappa shape index (κ3) is 2.79. The highest BCUT2D eigenvalue weighted by Crippen LogP contribution is 2.26. The average molecular weight is 281 g/mol. The first-order chi connectivity index (χ1) is 10.1. The quantitative estimate of drug-likeness (QED) is 0.876. The van der Waals surface area contributed by atoms with E-state index in [2.05, 4.69) is 6.07 Å². The predicted molar refractivity (Wildman–Crippen MR) is 81.3 cm³/mol. The first kappa shape index (κ1) is 14.4. The van der Waals surface area contributed by atoms with E-state index in [1.54, 1.807) is 49.5 Å². The number of hydrogen-bond donors (Lipinski definition) is 1. The second kappa shape index (κ2) is 5.97. The number of para-hydroxylation sites is 1. The van der Waals surface area contributed by atoms with E-state index in [-0.39, 0.29) is 5.91 Å². The third-order valence-electron chi connectivity index (χ3n) is 3.14. The molecule has 0 bridgehead atoms.